The second kappa shape index (κ2) is 3.95. The summed E-state index contributed by atoms with van der Waals surface area (Å²) in [6, 6.07) is 0.159. The summed E-state index contributed by atoms with van der Waals surface area (Å²) in [5.41, 5.74) is 5.46. The van der Waals surface area contributed by atoms with Crippen molar-refractivity contribution in [2.75, 3.05) is 18.6 Å². The zero-order chi connectivity index (χ0) is 9.90. The maximum Gasteiger partial charge on any atom is 0.188 e. The van der Waals surface area contributed by atoms with Gasteiger partial charge in [-0.15, -0.1) is 0 Å². The Morgan fingerprint density at radius 3 is 2.46 bits per heavy atom. The molecule has 0 aromatic carbocycles. The number of sulfone groups is 1. The van der Waals surface area contributed by atoms with Crippen LogP contribution in [-0.4, -0.2) is 39.0 Å². The molecule has 0 radical (unpaired) electrons. The van der Waals surface area contributed by atoms with Crippen LogP contribution < -0.4 is 11.1 Å². The third-order valence-electron chi connectivity index (χ3n) is 2.15. The number of nitrogens with one attached hydrogen (secondary N) is 1. The Bertz CT molecular complexity index is 283. The molecule has 0 bridgehead atoms. The van der Waals surface area contributed by atoms with Gasteiger partial charge in [-0.3, -0.25) is 4.99 Å². The fourth-order valence-electron chi connectivity index (χ4n) is 1.31. The minimum atomic E-state index is -2.78. The standard InChI is InChI=1S/C7H15N3O2S/c1-9-7(8)10-6-2-4-13(11,12)5-3-6/h6H,2-5H2,1H3,(H3,8,9,10). The molecule has 0 unspecified atom stereocenters. The molecule has 0 amide bonds. The summed E-state index contributed by atoms with van der Waals surface area (Å²) >= 11 is 0. The quantitative estimate of drug-likeness (QED) is 0.429. The fraction of sp³-hybridized carbons (Fsp3) is 0.857. The third-order valence-corrected chi connectivity index (χ3v) is 3.86. The van der Waals surface area contributed by atoms with Crippen molar-refractivity contribution in [2.45, 2.75) is 18.9 Å². The number of hydrogen-bond acceptors (Lipinski definition) is 3. The Hall–Kier alpha value is -0.780. The molecule has 1 aliphatic rings. The molecular weight excluding hydrogens is 190 g/mol. The van der Waals surface area contributed by atoms with Gasteiger partial charge in [-0.2, -0.15) is 0 Å². The van der Waals surface area contributed by atoms with E-state index in [0.29, 0.717) is 18.8 Å². The lowest BCUT2D eigenvalue weighted by Gasteiger charge is -2.23. The Kier molecular flexibility index (Phi) is 3.13. The van der Waals surface area contributed by atoms with Crippen LogP contribution in [0.1, 0.15) is 12.8 Å². The van der Waals surface area contributed by atoms with E-state index in [2.05, 4.69) is 10.3 Å². The summed E-state index contributed by atoms with van der Waals surface area (Å²) in [5, 5.41) is 2.97. The molecule has 0 saturated carbocycles. The first kappa shape index (κ1) is 10.3. The molecule has 0 aliphatic carbocycles. The van der Waals surface area contributed by atoms with E-state index in [1.807, 2.05) is 0 Å². The van der Waals surface area contributed by atoms with Crippen LogP contribution in [-0.2, 0) is 9.84 Å². The highest BCUT2D eigenvalue weighted by molar-refractivity contribution is 7.91. The fourth-order valence-corrected chi connectivity index (χ4v) is 2.80. The van der Waals surface area contributed by atoms with Gasteiger partial charge in [0.2, 0.25) is 0 Å². The molecule has 13 heavy (non-hydrogen) atoms. The number of nitrogens with zero attached hydrogens (tertiary/aromatic N) is 1. The van der Waals surface area contributed by atoms with Gasteiger partial charge in [-0.05, 0) is 12.8 Å². The monoisotopic (exact) mass is 205 g/mol. The van der Waals surface area contributed by atoms with E-state index >= 15 is 0 Å². The van der Waals surface area contributed by atoms with Crippen molar-refractivity contribution in [1.29, 1.82) is 0 Å². The van der Waals surface area contributed by atoms with Crippen molar-refractivity contribution in [3.8, 4) is 0 Å². The van der Waals surface area contributed by atoms with Crippen LogP contribution in [0.3, 0.4) is 0 Å². The van der Waals surface area contributed by atoms with Gasteiger partial charge in [0.1, 0.15) is 9.84 Å². The minimum absolute atomic E-state index is 0.159. The molecule has 3 N–H and O–H groups in total. The Labute approximate surface area is 78.3 Å². The summed E-state index contributed by atoms with van der Waals surface area (Å²) in [5.74, 6) is 0.882. The normalized spacial score (nSPS) is 24.2. The zero-order valence-electron chi connectivity index (χ0n) is 7.66. The molecule has 6 heteroatoms. The Balaban J connectivity index is 2.42. The number of guanidine groups is 1. The Morgan fingerprint density at radius 2 is 2.00 bits per heavy atom. The predicted molar refractivity (Wildman–Crippen MR) is 52.4 cm³/mol. The topological polar surface area (TPSA) is 84.5 Å². The van der Waals surface area contributed by atoms with Gasteiger partial charge in [0.05, 0.1) is 11.5 Å². The molecule has 1 rings (SSSR count). The predicted octanol–water partition coefficient (Wildman–Crippen LogP) is -0.902. The van der Waals surface area contributed by atoms with Crippen molar-refractivity contribution in [2.24, 2.45) is 10.7 Å². The second-order valence-corrected chi connectivity index (χ2v) is 5.48. The summed E-state index contributed by atoms with van der Waals surface area (Å²) in [7, 11) is -1.18. The van der Waals surface area contributed by atoms with E-state index in [-0.39, 0.29) is 17.5 Å². The third kappa shape index (κ3) is 3.22. The van der Waals surface area contributed by atoms with Crippen molar-refractivity contribution in [3.05, 3.63) is 0 Å². The first-order valence-electron chi connectivity index (χ1n) is 4.23. The molecule has 0 aromatic heterocycles. The minimum Gasteiger partial charge on any atom is -0.370 e. The number of nitrogens with two attached hydrogens (primary N) is 1. The summed E-state index contributed by atoms with van der Waals surface area (Å²) in [4.78, 5) is 3.75. The Morgan fingerprint density at radius 1 is 1.46 bits per heavy atom. The summed E-state index contributed by atoms with van der Waals surface area (Å²) in [6.07, 6.45) is 1.25. The van der Waals surface area contributed by atoms with E-state index in [9.17, 15) is 8.42 Å². The maximum absolute atomic E-state index is 11.1. The first-order chi connectivity index (χ1) is 6.03. The largest absolute Gasteiger partial charge is 0.370 e. The van der Waals surface area contributed by atoms with E-state index in [0.717, 1.165) is 0 Å². The summed E-state index contributed by atoms with van der Waals surface area (Å²) < 4.78 is 22.1. The van der Waals surface area contributed by atoms with Crippen LogP contribution in [0, 0.1) is 0 Å². The van der Waals surface area contributed by atoms with Crippen LogP contribution in [0.15, 0.2) is 4.99 Å². The lowest BCUT2D eigenvalue weighted by atomic mass is 10.2. The van der Waals surface area contributed by atoms with Crippen LogP contribution in [0.5, 0.6) is 0 Å². The van der Waals surface area contributed by atoms with Crippen LogP contribution in [0.2, 0.25) is 0 Å². The molecule has 1 heterocycles. The second-order valence-electron chi connectivity index (χ2n) is 3.18. The first-order valence-corrected chi connectivity index (χ1v) is 6.05. The van der Waals surface area contributed by atoms with Gasteiger partial charge in [0.25, 0.3) is 0 Å². The average Bonchev–Trinajstić information content (AvgIpc) is 2.08. The maximum atomic E-state index is 11.1. The van der Waals surface area contributed by atoms with Crippen LogP contribution in [0.25, 0.3) is 0 Å². The molecular formula is C7H15N3O2S. The highest BCUT2D eigenvalue weighted by atomic mass is 32.2. The zero-order valence-corrected chi connectivity index (χ0v) is 8.47. The molecule has 76 valence electrons. The molecule has 0 aromatic rings. The average molecular weight is 205 g/mol. The van der Waals surface area contributed by atoms with Crippen LogP contribution >= 0.6 is 0 Å². The number of rotatable bonds is 1. The molecule has 1 saturated heterocycles. The van der Waals surface area contributed by atoms with Gasteiger partial charge in [-0.1, -0.05) is 0 Å². The highest BCUT2D eigenvalue weighted by Gasteiger charge is 2.23. The molecule has 0 spiro atoms. The van der Waals surface area contributed by atoms with E-state index in [4.69, 9.17) is 5.73 Å². The van der Waals surface area contributed by atoms with E-state index < -0.39 is 9.84 Å². The van der Waals surface area contributed by atoms with Crippen molar-refractivity contribution in [1.82, 2.24) is 5.32 Å². The molecule has 1 fully saturated rings. The smallest absolute Gasteiger partial charge is 0.188 e. The van der Waals surface area contributed by atoms with Gasteiger partial charge in [0.15, 0.2) is 5.96 Å². The molecule has 1 aliphatic heterocycles. The van der Waals surface area contributed by atoms with Gasteiger partial charge < -0.3 is 11.1 Å². The molecule has 0 atom stereocenters. The van der Waals surface area contributed by atoms with Gasteiger partial charge in [0, 0.05) is 13.1 Å². The van der Waals surface area contributed by atoms with Gasteiger partial charge >= 0.3 is 0 Å². The highest BCUT2D eigenvalue weighted by Crippen LogP contribution is 2.11. The lowest BCUT2D eigenvalue weighted by molar-refractivity contribution is 0.519. The molecule has 5 nitrogen and oxygen atoms in total. The van der Waals surface area contributed by atoms with Crippen molar-refractivity contribution < 1.29 is 8.42 Å². The number of aliphatic imine (C=N–C) groups is 1. The lowest BCUT2D eigenvalue weighted by Crippen LogP contribution is -2.44. The van der Waals surface area contributed by atoms with Crippen molar-refractivity contribution in [3.63, 3.8) is 0 Å². The van der Waals surface area contributed by atoms with E-state index in [1.54, 1.807) is 7.05 Å². The van der Waals surface area contributed by atoms with Crippen LogP contribution in [0.4, 0.5) is 0 Å². The summed E-state index contributed by atoms with van der Waals surface area (Å²) in [6.45, 7) is 0. The van der Waals surface area contributed by atoms with Crippen molar-refractivity contribution >= 4 is 15.8 Å². The SMILES string of the molecule is CN=C(N)NC1CCS(=O)(=O)CC1. The van der Waals surface area contributed by atoms with E-state index in [1.165, 1.54) is 0 Å². The number of hydrogen-bond donors (Lipinski definition) is 2. The van der Waals surface area contributed by atoms with Gasteiger partial charge in [-0.25, -0.2) is 8.42 Å².